The van der Waals surface area contributed by atoms with E-state index in [4.69, 9.17) is 4.74 Å². The van der Waals surface area contributed by atoms with Crippen LogP contribution in [0, 0.1) is 0 Å². The molecule has 0 radical (unpaired) electrons. The molecule has 1 aliphatic heterocycles. The number of rotatable bonds is 6. The van der Waals surface area contributed by atoms with Gasteiger partial charge in [-0.05, 0) is 52.1 Å². The first-order valence-electron chi connectivity index (χ1n) is 8.89. The van der Waals surface area contributed by atoms with Gasteiger partial charge in [-0.3, -0.25) is 0 Å². The number of carbonyl (C=O) groups is 1. The van der Waals surface area contributed by atoms with E-state index >= 15 is 0 Å². The molecule has 0 saturated carbocycles. The van der Waals surface area contributed by atoms with Gasteiger partial charge < -0.3 is 25.6 Å². The summed E-state index contributed by atoms with van der Waals surface area (Å²) >= 11 is 0. The monoisotopic (exact) mass is 350 g/mol. The zero-order chi connectivity index (χ0) is 18.4. The Kier molecular flexibility index (Phi) is 6.81. The molecule has 2 rings (SSSR count). The molecule has 6 heteroatoms. The summed E-state index contributed by atoms with van der Waals surface area (Å²) in [5.74, 6) is 0. The normalized spacial score (nSPS) is 21.4. The number of aliphatic hydroxyl groups is 2. The molecular formula is C19H30N2O4. The first-order valence-corrected chi connectivity index (χ1v) is 8.89. The second kappa shape index (κ2) is 8.65. The molecule has 1 saturated heterocycles. The summed E-state index contributed by atoms with van der Waals surface area (Å²) in [6.07, 6.45) is -0.459. The Morgan fingerprint density at radius 2 is 2.00 bits per heavy atom. The molecular weight excluding hydrogens is 320 g/mol. The highest BCUT2D eigenvalue weighted by Crippen LogP contribution is 2.17. The quantitative estimate of drug-likeness (QED) is 0.626. The number of benzene rings is 1. The lowest BCUT2D eigenvalue weighted by molar-refractivity contribution is -0.0237. The molecule has 0 aromatic heterocycles. The van der Waals surface area contributed by atoms with Crippen LogP contribution in [0.15, 0.2) is 30.3 Å². The third-order valence-electron chi connectivity index (χ3n) is 4.27. The van der Waals surface area contributed by atoms with Crippen molar-refractivity contribution >= 4 is 6.09 Å². The predicted octanol–water partition coefficient (Wildman–Crippen LogP) is 1.60. The Morgan fingerprint density at radius 3 is 2.56 bits per heavy atom. The van der Waals surface area contributed by atoms with Gasteiger partial charge in [-0.15, -0.1) is 0 Å². The fourth-order valence-electron chi connectivity index (χ4n) is 3.06. The van der Waals surface area contributed by atoms with Gasteiger partial charge in [-0.2, -0.15) is 0 Å². The summed E-state index contributed by atoms with van der Waals surface area (Å²) < 4.78 is 5.30. The van der Waals surface area contributed by atoms with E-state index in [2.05, 4.69) is 10.6 Å². The molecule has 4 N–H and O–H groups in total. The standard InChI is InChI=1S/C19H30N2O4/c1-19(2,3)25-18(24)21-15(12-13-8-5-4-6-9-13)17(23)16(22)14-10-7-11-20-14/h4-6,8-9,14-17,20,22-23H,7,10-12H2,1-3H3,(H,21,24)/t14-,15-,16-,17-/m0/s1. The number of alkyl carbamates (subject to hydrolysis) is 1. The lowest BCUT2D eigenvalue weighted by Gasteiger charge is -2.31. The first-order chi connectivity index (χ1) is 11.8. The number of aliphatic hydroxyl groups excluding tert-OH is 2. The Balaban J connectivity index is 2.08. The average Bonchev–Trinajstić information content (AvgIpc) is 3.06. The van der Waals surface area contributed by atoms with Crippen molar-refractivity contribution in [3.8, 4) is 0 Å². The Bertz CT molecular complexity index is 538. The molecule has 1 aromatic rings. The van der Waals surface area contributed by atoms with Crippen LogP contribution in [-0.2, 0) is 11.2 Å². The molecule has 0 unspecified atom stereocenters. The van der Waals surface area contributed by atoms with Gasteiger partial charge in [0, 0.05) is 6.04 Å². The van der Waals surface area contributed by atoms with E-state index in [0.717, 1.165) is 24.9 Å². The van der Waals surface area contributed by atoms with Crippen molar-refractivity contribution in [1.82, 2.24) is 10.6 Å². The summed E-state index contributed by atoms with van der Waals surface area (Å²) in [7, 11) is 0. The molecule has 0 bridgehead atoms. The van der Waals surface area contributed by atoms with Crippen LogP contribution in [0.1, 0.15) is 39.2 Å². The van der Waals surface area contributed by atoms with Gasteiger partial charge in [0.25, 0.3) is 0 Å². The van der Waals surface area contributed by atoms with Crippen LogP contribution in [0.25, 0.3) is 0 Å². The van der Waals surface area contributed by atoms with Crippen molar-refractivity contribution < 1.29 is 19.7 Å². The maximum atomic E-state index is 12.2. The minimum atomic E-state index is -1.09. The molecule has 25 heavy (non-hydrogen) atoms. The van der Waals surface area contributed by atoms with Crippen LogP contribution in [0.5, 0.6) is 0 Å². The van der Waals surface area contributed by atoms with E-state index < -0.39 is 29.9 Å². The molecule has 0 aliphatic carbocycles. The van der Waals surface area contributed by atoms with Crippen molar-refractivity contribution in [2.45, 2.75) is 69.9 Å². The average molecular weight is 350 g/mol. The van der Waals surface area contributed by atoms with Crippen molar-refractivity contribution in [3.63, 3.8) is 0 Å². The number of amides is 1. The van der Waals surface area contributed by atoms with Crippen LogP contribution < -0.4 is 10.6 Å². The third-order valence-corrected chi connectivity index (χ3v) is 4.27. The second-order valence-electron chi connectivity index (χ2n) is 7.63. The molecule has 4 atom stereocenters. The lowest BCUT2D eigenvalue weighted by atomic mass is 9.93. The van der Waals surface area contributed by atoms with Crippen LogP contribution in [0.3, 0.4) is 0 Å². The Morgan fingerprint density at radius 1 is 1.32 bits per heavy atom. The van der Waals surface area contributed by atoms with Gasteiger partial charge in [0.2, 0.25) is 0 Å². The molecule has 1 aromatic carbocycles. The van der Waals surface area contributed by atoms with Crippen molar-refractivity contribution in [3.05, 3.63) is 35.9 Å². The van der Waals surface area contributed by atoms with Crippen LogP contribution >= 0.6 is 0 Å². The van der Waals surface area contributed by atoms with E-state index in [1.165, 1.54) is 0 Å². The lowest BCUT2D eigenvalue weighted by Crippen LogP contribution is -2.55. The van der Waals surface area contributed by atoms with E-state index in [-0.39, 0.29) is 6.04 Å². The molecule has 1 fully saturated rings. The van der Waals surface area contributed by atoms with E-state index in [9.17, 15) is 15.0 Å². The maximum Gasteiger partial charge on any atom is 0.407 e. The van der Waals surface area contributed by atoms with Crippen molar-refractivity contribution in [1.29, 1.82) is 0 Å². The van der Waals surface area contributed by atoms with Crippen LogP contribution in [0.4, 0.5) is 4.79 Å². The number of ether oxygens (including phenoxy) is 1. The number of hydrogen-bond donors (Lipinski definition) is 4. The maximum absolute atomic E-state index is 12.2. The Hall–Kier alpha value is -1.63. The highest BCUT2D eigenvalue weighted by atomic mass is 16.6. The minimum Gasteiger partial charge on any atom is -0.444 e. The van der Waals surface area contributed by atoms with Crippen molar-refractivity contribution in [2.75, 3.05) is 6.54 Å². The summed E-state index contributed by atoms with van der Waals surface area (Å²) in [4.78, 5) is 12.2. The van der Waals surface area contributed by atoms with E-state index in [1.54, 1.807) is 20.8 Å². The largest absolute Gasteiger partial charge is 0.444 e. The fraction of sp³-hybridized carbons (Fsp3) is 0.632. The highest BCUT2D eigenvalue weighted by Gasteiger charge is 2.35. The molecule has 1 amide bonds. The summed E-state index contributed by atoms with van der Waals surface area (Å²) in [6.45, 7) is 6.18. The van der Waals surface area contributed by atoms with Gasteiger partial charge in [-0.1, -0.05) is 30.3 Å². The zero-order valence-electron chi connectivity index (χ0n) is 15.2. The molecule has 0 spiro atoms. The summed E-state index contributed by atoms with van der Waals surface area (Å²) in [5.41, 5.74) is 0.340. The molecule has 1 heterocycles. The van der Waals surface area contributed by atoms with Gasteiger partial charge in [0.05, 0.1) is 12.1 Å². The van der Waals surface area contributed by atoms with Gasteiger partial charge in [0.1, 0.15) is 11.7 Å². The summed E-state index contributed by atoms with van der Waals surface area (Å²) in [5, 5.41) is 27.1. The number of hydrogen-bond acceptors (Lipinski definition) is 5. The third kappa shape index (κ3) is 6.30. The van der Waals surface area contributed by atoms with E-state index in [0.29, 0.717) is 6.42 Å². The van der Waals surface area contributed by atoms with Crippen molar-refractivity contribution in [2.24, 2.45) is 0 Å². The molecule has 6 nitrogen and oxygen atoms in total. The van der Waals surface area contributed by atoms with Gasteiger partial charge in [0.15, 0.2) is 0 Å². The summed E-state index contributed by atoms with van der Waals surface area (Å²) in [6, 6.07) is 8.77. The first kappa shape index (κ1) is 19.7. The van der Waals surface area contributed by atoms with Gasteiger partial charge >= 0.3 is 6.09 Å². The Labute approximate surface area is 149 Å². The predicted molar refractivity (Wildman–Crippen MR) is 96.3 cm³/mol. The van der Waals surface area contributed by atoms with Crippen LogP contribution in [-0.4, -0.2) is 52.7 Å². The molecule has 1 aliphatic rings. The number of carbonyl (C=O) groups excluding carboxylic acids is 1. The van der Waals surface area contributed by atoms with Crippen LogP contribution in [0.2, 0.25) is 0 Å². The highest BCUT2D eigenvalue weighted by molar-refractivity contribution is 5.68. The zero-order valence-corrected chi connectivity index (χ0v) is 15.2. The second-order valence-corrected chi connectivity index (χ2v) is 7.63. The number of nitrogens with one attached hydrogen (secondary N) is 2. The van der Waals surface area contributed by atoms with Gasteiger partial charge in [-0.25, -0.2) is 4.79 Å². The fourth-order valence-corrected chi connectivity index (χ4v) is 3.06. The smallest absolute Gasteiger partial charge is 0.407 e. The minimum absolute atomic E-state index is 0.159. The topological polar surface area (TPSA) is 90.8 Å². The van der Waals surface area contributed by atoms with E-state index in [1.807, 2.05) is 30.3 Å². The SMILES string of the molecule is CC(C)(C)OC(=O)N[C@@H](Cc1ccccc1)[C@H](O)[C@@H](O)[C@@H]1CCCN1. The molecule has 140 valence electrons.